The minimum atomic E-state index is -0.0654. The maximum absolute atomic E-state index is 11.2. The zero-order chi connectivity index (χ0) is 8.72. The number of hydrogen-bond donors (Lipinski definition) is 1. The Morgan fingerprint density at radius 2 is 2.33 bits per heavy atom. The van der Waals surface area contributed by atoms with Gasteiger partial charge in [-0.15, -0.1) is 0 Å². The van der Waals surface area contributed by atoms with Crippen molar-refractivity contribution in [1.29, 1.82) is 0 Å². The van der Waals surface area contributed by atoms with Crippen LogP contribution in [0.25, 0.3) is 0 Å². The van der Waals surface area contributed by atoms with E-state index >= 15 is 0 Å². The van der Waals surface area contributed by atoms with E-state index in [0.717, 1.165) is 18.5 Å². The van der Waals surface area contributed by atoms with Gasteiger partial charge < -0.3 is 5.73 Å². The summed E-state index contributed by atoms with van der Waals surface area (Å²) in [5.41, 5.74) is 6.33. The quantitative estimate of drug-likeness (QED) is 0.648. The molecule has 0 radical (unpaired) electrons. The molecule has 1 aromatic heterocycles. The highest BCUT2D eigenvalue weighted by Gasteiger charge is 2.25. The van der Waals surface area contributed by atoms with Crippen molar-refractivity contribution in [1.82, 2.24) is 9.55 Å². The number of nitrogens with two attached hydrogens (primary N) is 1. The Hall–Kier alpha value is -1.32. The summed E-state index contributed by atoms with van der Waals surface area (Å²) < 4.78 is 1.35. The fraction of sp³-hybridized carbons (Fsp3) is 0.500. The first-order valence-electron chi connectivity index (χ1n) is 4.02. The minimum absolute atomic E-state index is 0.0654. The second-order valence-electron chi connectivity index (χ2n) is 3.21. The second kappa shape index (κ2) is 2.33. The summed E-state index contributed by atoms with van der Waals surface area (Å²) in [5.74, 6) is 0.797. The number of hydrogen-bond acceptors (Lipinski definition) is 3. The molecule has 1 aliphatic carbocycles. The van der Waals surface area contributed by atoms with Crippen LogP contribution in [-0.2, 0) is 7.05 Å². The molecular weight excluding hydrogens is 154 g/mol. The first-order valence-corrected chi connectivity index (χ1v) is 4.02. The summed E-state index contributed by atoms with van der Waals surface area (Å²) in [7, 11) is 1.63. The van der Waals surface area contributed by atoms with Crippen molar-refractivity contribution in [3.8, 4) is 0 Å². The van der Waals surface area contributed by atoms with E-state index in [-0.39, 0.29) is 5.56 Å². The first-order chi connectivity index (χ1) is 5.68. The predicted octanol–water partition coefficient (Wildman–Crippen LogP) is 0.240. The van der Waals surface area contributed by atoms with Gasteiger partial charge in [0.2, 0.25) is 5.95 Å². The summed E-state index contributed by atoms with van der Waals surface area (Å²) in [6, 6.07) is 1.58. The van der Waals surface area contributed by atoms with Crippen molar-refractivity contribution in [3.05, 3.63) is 22.1 Å². The van der Waals surface area contributed by atoms with Gasteiger partial charge in [-0.3, -0.25) is 9.36 Å². The van der Waals surface area contributed by atoms with Crippen LogP contribution in [0.1, 0.15) is 24.5 Å². The molecule has 0 aliphatic heterocycles. The van der Waals surface area contributed by atoms with E-state index in [1.807, 2.05) is 0 Å². The monoisotopic (exact) mass is 165 g/mol. The Labute approximate surface area is 70.0 Å². The average Bonchev–Trinajstić information content (AvgIpc) is 2.81. The number of rotatable bonds is 1. The molecule has 4 heteroatoms. The van der Waals surface area contributed by atoms with Crippen LogP contribution in [0.15, 0.2) is 10.9 Å². The molecular formula is C8H11N3O. The molecule has 0 unspecified atom stereocenters. The van der Waals surface area contributed by atoms with E-state index < -0.39 is 0 Å². The highest BCUT2D eigenvalue weighted by atomic mass is 16.1. The van der Waals surface area contributed by atoms with Gasteiger partial charge in [-0.1, -0.05) is 0 Å². The molecule has 1 aliphatic rings. The molecule has 2 N–H and O–H groups in total. The zero-order valence-corrected chi connectivity index (χ0v) is 6.95. The molecule has 1 saturated carbocycles. The van der Waals surface area contributed by atoms with Gasteiger partial charge >= 0.3 is 0 Å². The van der Waals surface area contributed by atoms with Crippen LogP contribution in [0.5, 0.6) is 0 Å². The molecule has 0 spiro atoms. The maximum Gasteiger partial charge on any atom is 0.254 e. The van der Waals surface area contributed by atoms with Crippen LogP contribution in [0.3, 0.4) is 0 Å². The van der Waals surface area contributed by atoms with E-state index in [4.69, 9.17) is 5.73 Å². The zero-order valence-electron chi connectivity index (χ0n) is 6.95. The fourth-order valence-electron chi connectivity index (χ4n) is 1.16. The smallest absolute Gasteiger partial charge is 0.254 e. The molecule has 1 aromatic rings. The van der Waals surface area contributed by atoms with Crippen LogP contribution in [-0.4, -0.2) is 9.55 Å². The lowest BCUT2D eigenvalue weighted by Gasteiger charge is -2.03. The van der Waals surface area contributed by atoms with E-state index in [9.17, 15) is 4.79 Å². The molecule has 2 rings (SSSR count). The SMILES string of the molecule is Cn1c(N)nc(C2CC2)cc1=O. The average molecular weight is 165 g/mol. The molecule has 64 valence electrons. The molecule has 12 heavy (non-hydrogen) atoms. The molecule has 0 saturated heterocycles. The summed E-state index contributed by atoms with van der Waals surface area (Å²) >= 11 is 0. The number of aromatic nitrogens is 2. The second-order valence-corrected chi connectivity index (χ2v) is 3.21. The van der Waals surface area contributed by atoms with Crippen molar-refractivity contribution < 1.29 is 0 Å². The fourth-order valence-corrected chi connectivity index (χ4v) is 1.16. The Bertz CT molecular complexity index is 365. The topological polar surface area (TPSA) is 60.9 Å². The van der Waals surface area contributed by atoms with E-state index in [0.29, 0.717) is 11.9 Å². The summed E-state index contributed by atoms with van der Waals surface area (Å²) in [5, 5.41) is 0. The van der Waals surface area contributed by atoms with Gasteiger partial charge in [0.05, 0.1) is 5.69 Å². The van der Waals surface area contributed by atoms with Gasteiger partial charge in [-0.2, -0.15) is 0 Å². The van der Waals surface area contributed by atoms with Gasteiger partial charge in [0.15, 0.2) is 0 Å². The molecule has 1 heterocycles. The Kier molecular flexibility index (Phi) is 1.43. The standard InChI is InChI=1S/C8H11N3O/c1-11-7(12)4-6(5-2-3-5)10-8(11)9/h4-5H,2-3H2,1H3,(H2,9,10). The lowest BCUT2D eigenvalue weighted by Crippen LogP contribution is -2.21. The number of nitrogen functional groups attached to an aromatic ring is 1. The molecule has 1 fully saturated rings. The molecule has 4 nitrogen and oxygen atoms in total. The maximum atomic E-state index is 11.2. The molecule has 0 atom stereocenters. The number of anilines is 1. The van der Waals surface area contributed by atoms with Crippen LogP contribution in [0.2, 0.25) is 0 Å². The van der Waals surface area contributed by atoms with Crippen LogP contribution in [0.4, 0.5) is 5.95 Å². The van der Waals surface area contributed by atoms with Gasteiger partial charge in [-0.05, 0) is 12.8 Å². The Morgan fingerprint density at radius 1 is 1.67 bits per heavy atom. The predicted molar refractivity (Wildman–Crippen MR) is 45.9 cm³/mol. The Morgan fingerprint density at radius 3 is 2.83 bits per heavy atom. The lowest BCUT2D eigenvalue weighted by atomic mass is 10.3. The van der Waals surface area contributed by atoms with Crippen molar-refractivity contribution in [3.63, 3.8) is 0 Å². The highest BCUT2D eigenvalue weighted by molar-refractivity contribution is 5.24. The summed E-state index contributed by atoms with van der Waals surface area (Å²) in [6.45, 7) is 0. The number of nitrogens with zero attached hydrogens (tertiary/aromatic N) is 2. The molecule has 0 aromatic carbocycles. The van der Waals surface area contributed by atoms with E-state index in [1.54, 1.807) is 13.1 Å². The van der Waals surface area contributed by atoms with Crippen molar-refractivity contribution >= 4 is 5.95 Å². The van der Waals surface area contributed by atoms with Crippen LogP contribution >= 0.6 is 0 Å². The van der Waals surface area contributed by atoms with Gasteiger partial charge in [0, 0.05) is 19.0 Å². The van der Waals surface area contributed by atoms with Crippen molar-refractivity contribution in [2.24, 2.45) is 7.05 Å². The van der Waals surface area contributed by atoms with E-state index in [2.05, 4.69) is 4.98 Å². The minimum Gasteiger partial charge on any atom is -0.369 e. The third kappa shape index (κ3) is 1.09. The first kappa shape index (κ1) is 7.34. The summed E-state index contributed by atoms with van der Waals surface area (Å²) in [6.07, 6.45) is 2.28. The van der Waals surface area contributed by atoms with Gasteiger partial charge in [-0.25, -0.2) is 4.98 Å². The van der Waals surface area contributed by atoms with Crippen LogP contribution < -0.4 is 11.3 Å². The van der Waals surface area contributed by atoms with E-state index in [1.165, 1.54) is 4.57 Å². The third-order valence-electron chi connectivity index (χ3n) is 2.18. The van der Waals surface area contributed by atoms with Crippen LogP contribution in [0, 0.1) is 0 Å². The third-order valence-corrected chi connectivity index (χ3v) is 2.18. The highest BCUT2D eigenvalue weighted by Crippen LogP contribution is 2.38. The van der Waals surface area contributed by atoms with Gasteiger partial charge in [0.1, 0.15) is 0 Å². The van der Waals surface area contributed by atoms with Gasteiger partial charge in [0.25, 0.3) is 5.56 Å². The molecule has 0 bridgehead atoms. The lowest BCUT2D eigenvalue weighted by molar-refractivity contribution is 0.818. The molecule has 0 amide bonds. The van der Waals surface area contributed by atoms with Crippen molar-refractivity contribution in [2.45, 2.75) is 18.8 Å². The normalized spacial score (nSPS) is 16.4. The van der Waals surface area contributed by atoms with Crippen molar-refractivity contribution in [2.75, 3.05) is 5.73 Å². The largest absolute Gasteiger partial charge is 0.369 e. The summed E-state index contributed by atoms with van der Waals surface area (Å²) in [4.78, 5) is 15.4. The Balaban J connectivity index is 2.53.